The zero-order valence-corrected chi connectivity index (χ0v) is 12.2. The molecule has 116 valence electrons. The van der Waals surface area contributed by atoms with Crippen LogP contribution in [0.3, 0.4) is 0 Å². The SMILES string of the molecule is OC1(CN2CCN(c3cnccn3)CC2)CNCCOC1. The molecule has 1 unspecified atom stereocenters. The molecule has 0 spiro atoms. The zero-order chi connectivity index (χ0) is 14.5. The van der Waals surface area contributed by atoms with Crippen LogP contribution < -0.4 is 10.2 Å². The average Bonchev–Trinajstić information content (AvgIpc) is 2.74. The van der Waals surface area contributed by atoms with Gasteiger partial charge in [0, 0.05) is 58.2 Å². The Morgan fingerprint density at radius 2 is 2.14 bits per heavy atom. The summed E-state index contributed by atoms with van der Waals surface area (Å²) in [5, 5.41) is 13.9. The van der Waals surface area contributed by atoms with Crippen LogP contribution in [0.2, 0.25) is 0 Å². The molecule has 0 bridgehead atoms. The molecule has 0 aliphatic carbocycles. The number of rotatable bonds is 3. The molecule has 3 rings (SSSR count). The molecule has 0 aromatic carbocycles. The number of hydrogen-bond donors (Lipinski definition) is 2. The molecule has 2 N–H and O–H groups in total. The highest BCUT2D eigenvalue weighted by Gasteiger charge is 2.32. The van der Waals surface area contributed by atoms with E-state index in [2.05, 4.69) is 25.1 Å². The third kappa shape index (κ3) is 3.88. The van der Waals surface area contributed by atoms with E-state index >= 15 is 0 Å². The number of ether oxygens (including phenoxy) is 1. The van der Waals surface area contributed by atoms with E-state index < -0.39 is 5.60 Å². The molecule has 2 aliphatic rings. The molecule has 3 heterocycles. The number of anilines is 1. The molecule has 7 heteroatoms. The van der Waals surface area contributed by atoms with E-state index in [0.29, 0.717) is 26.3 Å². The van der Waals surface area contributed by atoms with Gasteiger partial charge in [-0.1, -0.05) is 0 Å². The Kier molecular flexibility index (Phi) is 4.64. The Bertz CT molecular complexity index is 428. The minimum atomic E-state index is -0.786. The molecule has 0 radical (unpaired) electrons. The van der Waals surface area contributed by atoms with Crippen LogP contribution in [0.4, 0.5) is 5.82 Å². The largest absolute Gasteiger partial charge is 0.385 e. The van der Waals surface area contributed by atoms with Crippen LogP contribution in [-0.2, 0) is 4.74 Å². The molecule has 0 saturated carbocycles. The summed E-state index contributed by atoms with van der Waals surface area (Å²) in [7, 11) is 0. The molecular weight excluding hydrogens is 270 g/mol. The van der Waals surface area contributed by atoms with Gasteiger partial charge in [-0.15, -0.1) is 0 Å². The van der Waals surface area contributed by atoms with E-state index in [1.807, 2.05) is 0 Å². The number of piperazine rings is 1. The van der Waals surface area contributed by atoms with Gasteiger partial charge in [0.05, 0.1) is 19.4 Å². The summed E-state index contributed by atoms with van der Waals surface area (Å²) in [4.78, 5) is 13.0. The molecule has 0 amide bonds. The van der Waals surface area contributed by atoms with Gasteiger partial charge in [0.15, 0.2) is 0 Å². The summed E-state index contributed by atoms with van der Waals surface area (Å²) >= 11 is 0. The first-order valence-electron chi connectivity index (χ1n) is 7.49. The average molecular weight is 293 g/mol. The van der Waals surface area contributed by atoms with Crippen LogP contribution in [0, 0.1) is 0 Å². The molecule has 21 heavy (non-hydrogen) atoms. The smallest absolute Gasteiger partial charge is 0.147 e. The summed E-state index contributed by atoms with van der Waals surface area (Å²) in [5.41, 5.74) is -0.786. The molecule has 1 aromatic rings. The monoisotopic (exact) mass is 293 g/mol. The van der Waals surface area contributed by atoms with Crippen molar-refractivity contribution < 1.29 is 9.84 Å². The Labute approximate surface area is 124 Å². The first kappa shape index (κ1) is 14.6. The Balaban J connectivity index is 1.51. The zero-order valence-electron chi connectivity index (χ0n) is 12.2. The van der Waals surface area contributed by atoms with E-state index in [4.69, 9.17) is 4.74 Å². The Morgan fingerprint density at radius 3 is 2.90 bits per heavy atom. The minimum Gasteiger partial charge on any atom is -0.385 e. The number of nitrogens with one attached hydrogen (secondary N) is 1. The topological polar surface area (TPSA) is 73.8 Å². The standard InChI is InChI=1S/C14H23N5O2/c20-14(10-16-3-8-21-12-14)11-18-4-6-19(7-5-18)13-9-15-1-2-17-13/h1-2,9,16,20H,3-8,10-12H2. The maximum Gasteiger partial charge on any atom is 0.147 e. The lowest BCUT2D eigenvalue weighted by Gasteiger charge is -2.39. The van der Waals surface area contributed by atoms with Crippen LogP contribution in [0.5, 0.6) is 0 Å². The van der Waals surface area contributed by atoms with Crippen LogP contribution in [0.1, 0.15) is 0 Å². The predicted octanol–water partition coefficient (Wildman–Crippen LogP) is -1.05. The van der Waals surface area contributed by atoms with Gasteiger partial charge in [-0.3, -0.25) is 9.88 Å². The maximum absolute atomic E-state index is 10.6. The van der Waals surface area contributed by atoms with Crippen molar-refractivity contribution in [2.45, 2.75) is 5.60 Å². The summed E-state index contributed by atoms with van der Waals surface area (Å²) in [6.45, 7) is 6.77. The van der Waals surface area contributed by atoms with E-state index in [9.17, 15) is 5.11 Å². The summed E-state index contributed by atoms with van der Waals surface area (Å²) < 4.78 is 5.47. The molecular formula is C14H23N5O2. The van der Waals surface area contributed by atoms with Crippen molar-refractivity contribution in [2.24, 2.45) is 0 Å². The minimum absolute atomic E-state index is 0.407. The highest BCUT2D eigenvalue weighted by Crippen LogP contribution is 2.15. The first-order chi connectivity index (χ1) is 10.3. The van der Waals surface area contributed by atoms with Gasteiger partial charge >= 0.3 is 0 Å². The van der Waals surface area contributed by atoms with Crippen LogP contribution in [-0.4, -0.2) is 84.6 Å². The van der Waals surface area contributed by atoms with Crippen molar-refractivity contribution in [1.82, 2.24) is 20.2 Å². The van der Waals surface area contributed by atoms with Crippen LogP contribution in [0.15, 0.2) is 18.6 Å². The number of nitrogens with zero attached hydrogens (tertiary/aromatic N) is 4. The molecule has 1 aromatic heterocycles. The highest BCUT2D eigenvalue weighted by molar-refractivity contribution is 5.35. The van der Waals surface area contributed by atoms with Gasteiger partial charge in [0.2, 0.25) is 0 Å². The number of β-amino-alcohol motifs (C(OH)–C–C–N with tert-alkyl or cyclic N) is 1. The molecule has 7 nitrogen and oxygen atoms in total. The fourth-order valence-corrected chi connectivity index (χ4v) is 2.89. The lowest BCUT2D eigenvalue weighted by atomic mass is 10.0. The maximum atomic E-state index is 10.6. The normalized spacial score (nSPS) is 28.3. The van der Waals surface area contributed by atoms with Gasteiger partial charge in [-0.05, 0) is 0 Å². The number of aliphatic hydroxyl groups is 1. The van der Waals surface area contributed by atoms with E-state index in [0.717, 1.165) is 38.5 Å². The van der Waals surface area contributed by atoms with Gasteiger partial charge in [-0.2, -0.15) is 0 Å². The lowest BCUT2D eigenvalue weighted by Crippen LogP contribution is -2.56. The lowest BCUT2D eigenvalue weighted by molar-refractivity contribution is -0.0495. The van der Waals surface area contributed by atoms with E-state index in [-0.39, 0.29) is 0 Å². The van der Waals surface area contributed by atoms with Crippen molar-refractivity contribution in [2.75, 3.05) is 63.9 Å². The first-order valence-corrected chi connectivity index (χ1v) is 7.49. The summed E-state index contributed by atoms with van der Waals surface area (Å²) in [6.07, 6.45) is 5.21. The van der Waals surface area contributed by atoms with Crippen molar-refractivity contribution in [3.63, 3.8) is 0 Å². The molecule has 2 fully saturated rings. The van der Waals surface area contributed by atoms with E-state index in [1.165, 1.54) is 0 Å². The van der Waals surface area contributed by atoms with Crippen molar-refractivity contribution in [3.8, 4) is 0 Å². The summed E-state index contributed by atoms with van der Waals surface area (Å²) in [5.74, 6) is 0.926. The number of aromatic nitrogens is 2. The van der Waals surface area contributed by atoms with Gasteiger partial charge < -0.3 is 20.1 Å². The third-order valence-corrected chi connectivity index (χ3v) is 4.01. The second-order valence-corrected chi connectivity index (χ2v) is 5.78. The Hall–Kier alpha value is -1.28. The van der Waals surface area contributed by atoms with Crippen molar-refractivity contribution >= 4 is 5.82 Å². The van der Waals surface area contributed by atoms with Crippen molar-refractivity contribution in [1.29, 1.82) is 0 Å². The van der Waals surface area contributed by atoms with Crippen LogP contribution in [0.25, 0.3) is 0 Å². The number of hydrogen-bond acceptors (Lipinski definition) is 7. The quantitative estimate of drug-likeness (QED) is 0.736. The van der Waals surface area contributed by atoms with Crippen molar-refractivity contribution in [3.05, 3.63) is 18.6 Å². The molecule has 2 saturated heterocycles. The third-order valence-electron chi connectivity index (χ3n) is 4.01. The van der Waals surface area contributed by atoms with Gasteiger partial charge in [-0.25, -0.2) is 4.98 Å². The highest BCUT2D eigenvalue weighted by atomic mass is 16.5. The van der Waals surface area contributed by atoms with Crippen LogP contribution >= 0.6 is 0 Å². The predicted molar refractivity (Wildman–Crippen MR) is 79.3 cm³/mol. The second-order valence-electron chi connectivity index (χ2n) is 5.78. The second kappa shape index (κ2) is 6.65. The van der Waals surface area contributed by atoms with E-state index in [1.54, 1.807) is 18.6 Å². The fraction of sp³-hybridized carbons (Fsp3) is 0.714. The molecule has 1 atom stereocenters. The fourth-order valence-electron chi connectivity index (χ4n) is 2.89. The molecule has 2 aliphatic heterocycles. The van der Waals surface area contributed by atoms with Gasteiger partial charge in [0.1, 0.15) is 11.4 Å². The Morgan fingerprint density at radius 1 is 1.29 bits per heavy atom. The summed E-state index contributed by atoms with van der Waals surface area (Å²) in [6, 6.07) is 0. The van der Waals surface area contributed by atoms with Gasteiger partial charge in [0.25, 0.3) is 0 Å².